The molecule has 0 N–H and O–H groups in total. The fourth-order valence-corrected chi connectivity index (χ4v) is 3.17. The molecule has 6 heteroatoms. The molecule has 0 aliphatic carbocycles. The Morgan fingerprint density at radius 2 is 1.86 bits per heavy atom. The van der Waals surface area contributed by atoms with E-state index in [1.165, 1.54) is 6.07 Å². The Bertz CT molecular complexity index is 511. The van der Waals surface area contributed by atoms with Crippen LogP contribution in [0.15, 0.2) is 12.1 Å². The maximum Gasteiger partial charge on any atom is 0.416 e. The van der Waals surface area contributed by atoms with Crippen molar-refractivity contribution in [2.75, 3.05) is 32.8 Å². The lowest BCUT2D eigenvalue weighted by molar-refractivity contribution is -0.138. The zero-order chi connectivity index (χ0) is 16.3. The highest BCUT2D eigenvalue weighted by molar-refractivity contribution is 6.32. The smallest absolute Gasteiger partial charge is 0.379 e. The molecule has 1 aliphatic rings. The summed E-state index contributed by atoms with van der Waals surface area (Å²) in [4.78, 5) is 2.11. The Balaban J connectivity index is 2.26. The number of hydrogen-bond acceptors (Lipinski definition) is 2. The predicted octanol–water partition coefficient (Wildman–Crippen LogP) is 4.36. The third-order valence-corrected chi connectivity index (χ3v) is 4.43. The summed E-state index contributed by atoms with van der Waals surface area (Å²) in [5.41, 5.74) is 0.369. The second-order valence-corrected chi connectivity index (χ2v) is 6.23. The van der Waals surface area contributed by atoms with Crippen molar-refractivity contribution < 1.29 is 17.9 Å². The second kappa shape index (κ2) is 7.20. The molecule has 2 rings (SSSR count). The van der Waals surface area contributed by atoms with Gasteiger partial charge in [0.05, 0.1) is 18.8 Å². The van der Waals surface area contributed by atoms with Crippen molar-refractivity contribution in [2.45, 2.75) is 32.4 Å². The number of hydrogen-bond donors (Lipinski definition) is 0. The van der Waals surface area contributed by atoms with Crippen LogP contribution in [0.25, 0.3) is 0 Å². The van der Waals surface area contributed by atoms with E-state index in [2.05, 4.69) is 4.90 Å². The Kier molecular flexibility index (Phi) is 5.75. The molecule has 1 heterocycles. The number of nitrogens with zero attached hydrogens (tertiary/aromatic N) is 1. The summed E-state index contributed by atoms with van der Waals surface area (Å²) in [6, 6.07) is 2.66. The maximum atomic E-state index is 13.2. The van der Waals surface area contributed by atoms with Crippen molar-refractivity contribution >= 4 is 11.6 Å². The number of alkyl halides is 3. The zero-order valence-electron chi connectivity index (χ0n) is 12.8. The number of halogens is 4. The molecule has 124 valence electrons. The molecule has 0 spiro atoms. The summed E-state index contributed by atoms with van der Waals surface area (Å²) in [7, 11) is 0. The highest BCUT2D eigenvalue weighted by atomic mass is 35.5. The molecule has 2 nitrogen and oxygen atoms in total. The Hall–Kier alpha value is -0.780. The summed E-state index contributed by atoms with van der Waals surface area (Å²) in [5, 5.41) is 0.262. The minimum absolute atomic E-state index is 0.0944. The van der Waals surface area contributed by atoms with Gasteiger partial charge in [0.1, 0.15) is 0 Å². The van der Waals surface area contributed by atoms with E-state index in [0.717, 1.165) is 24.7 Å². The van der Waals surface area contributed by atoms with Gasteiger partial charge in [0, 0.05) is 24.7 Å². The van der Waals surface area contributed by atoms with Gasteiger partial charge in [0.25, 0.3) is 0 Å². The number of rotatable bonds is 4. The molecule has 0 amide bonds. The normalized spacial score (nSPS) is 17.2. The summed E-state index contributed by atoms with van der Waals surface area (Å²) >= 11 is 6.29. The predicted molar refractivity (Wildman–Crippen MR) is 81.5 cm³/mol. The van der Waals surface area contributed by atoms with Crippen molar-refractivity contribution in [3.05, 3.63) is 33.8 Å². The monoisotopic (exact) mass is 335 g/mol. The summed E-state index contributed by atoms with van der Waals surface area (Å²) in [6.45, 7) is 7.19. The van der Waals surface area contributed by atoms with E-state index >= 15 is 0 Å². The van der Waals surface area contributed by atoms with Gasteiger partial charge in [-0.3, -0.25) is 4.90 Å². The van der Waals surface area contributed by atoms with E-state index in [4.69, 9.17) is 16.3 Å². The van der Waals surface area contributed by atoms with Crippen LogP contribution in [0.4, 0.5) is 13.2 Å². The van der Waals surface area contributed by atoms with E-state index in [9.17, 15) is 13.2 Å². The molecule has 1 aliphatic heterocycles. The molecule has 0 aromatic heterocycles. The van der Waals surface area contributed by atoms with Crippen molar-refractivity contribution in [3.8, 4) is 0 Å². The lowest BCUT2D eigenvalue weighted by atomic mass is 9.95. The van der Waals surface area contributed by atoms with Crippen molar-refractivity contribution in [2.24, 2.45) is 0 Å². The largest absolute Gasteiger partial charge is 0.416 e. The van der Waals surface area contributed by atoms with Gasteiger partial charge in [0.2, 0.25) is 0 Å². The van der Waals surface area contributed by atoms with Crippen LogP contribution in [0.5, 0.6) is 0 Å². The molecule has 22 heavy (non-hydrogen) atoms. The highest BCUT2D eigenvalue weighted by Crippen LogP contribution is 2.38. The Labute approximate surface area is 134 Å². The topological polar surface area (TPSA) is 12.5 Å². The van der Waals surface area contributed by atoms with E-state index in [0.29, 0.717) is 26.2 Å². The maximum absolute atomic E-state index is 13.2. The SMILES string of the molecule is CC(C)c1ccc(C(F)(F)F)c(CCN2CCOCC2)c1Cl. The van der Waals surface area contributed by atoms with Crippen LogP contribution in [-0.2, 0) is 17.3 Å². The fourth-order valence-electron chi connectivity index (χ4n) is 2.69. The van der Waals surface area contributed by atoms with Crippen LogP contribution >= 0.6 is 11.6 Å². The lowest BCUT2D eigenvalue weighted by Crippen LogP contribution is -2.37. The van der Waals surface area contributed by atoms with Crippen LogP contribution in [-0.4, -0.2) is 37.7 Å². The first-order chi connectivity index (χ1) is 10.3. The average Bonchev–Trinajstić information content (AvgIpc) is 2.45. The zero-order valence-corrected chi connectivity index (χ0v) is 13.6. The first kappa shape index (κ1) is 17.6. The first-order valence-electron chi connectivity index (χ1n) is 7.49. The van der Waals surface area contributed by atoms with Crippen LogP contribution in [0, 0.1) is 0 Å². The summed E-state index contributed by atoms with van der Waals surface area (Å²) in [6.07, 6.45) is -4.08. The Morgan fingerprint density at radius 3 is 2.41 bits per heavy atom. The molecular formula is C16H21ClF3NO. The third kappa shape index (κ3) is 4.15. The van der Waals surface area contributed by atoms with Crippen molar-refractivity contribution in [1.82, 2.24) is 4.90 Å². The molecule has 0 radical (unpaired) electrons. The van der Waals surface area contributed by atoms with Crippen molar-refractivity contribution in [3.63, 3.8) is 0 Å². The van der Waals surface area contributed by atoms with Crippen LogP contribution in [0.2, 0.25) is 5.02 Å². The second-order valence-electron chi connectivity index (χ2n) is 5.85. The molecule has 1 aromatic rings. The van der Waals surface area contributed by atoms with E-state index in [1.54, 1.807) is 0 Å². The highest BCUT2D eigenvalue weighted by Gasteiger charge is 2.35. The van der Waals surface area contributed by atoms with Gasteiger partial charge in [-0.1, -0.05) is 31.5 Å². The minimum atomic E-state index is -4.38. The van der Waals surface area contributed by atoms with E-state index in [-0.39, 0.29) is 16.5 Å². The molecule has 1 aromatic carbocycles. The van der Waals surface area contributed by atoms with Gasteiger partial charge >= 0.3 is 6.18 Å². The van der Waals surface area contributed by atoms with Crippen LogP contribution in [0.1, 0.15) is 36.5 Å². The number of benzene rings is 1. The molecule has 0 unspecified atom stereocenters. The molecule has 0 bridgehead atoms. The van der Waals surface area contributed by atoms with Gasteiger partial charge in [-0.25, -0.2) is 0 Å². The van der Waals surface area contributed by atoms with Crippen LogP contribution < -0.4 is 0 Å². The Morgan fingerprint density at radius 1 is 1.23 bits per heavy atom. The number of ether oxygens (including phenoxy) is 1. The number of morpholine rings is 1. The molecule has 1 fully saturated rings. The van der Waals surface area contributed by atoms with Gasteiger partial charge < -0.3 is 4.74 Å². The molecular weight excluding hydrogens is 315 g/mol. The first-order valence-corrected chi connectivity index (χ1v) is 7.87. The molecule has 0 atom stereocenters. The van der Waals surface area contributed by atoms with Gasteiger partial charge in [-0.15, -0.1) is 0 Å². The van der Waals surface area contributed by atoms with Gasteiger partial charge in [-0.2, -0.15) is 13.2 Å². The molecule has 1 saturated heterocycles. The van der Waals surface area contributed by atoms with E-state index < -0.39 is 11.7 Å². The summed E-state index contributed by atoms with van der Waals surface area (Å²) < 4.78 is 45.0. The minimum Gasteiger partial charge on any atom is -0.379 e. The van der Waals surface area contributed by atoms with E-state index in [1.807, 2.05) is 13.8 Å². The van der Waals surface area contributed by atoms with Crippen molar-refractivity contribution in [1.29, 1.82) is 0 Å². The average molecular weight is 336 g/mol. The lowest BCUT2D eigenvalue weighted by Gasteiger charge is -2.27. The third-order valence-electron chi connectivity index (χ3n) is 3.98. The van der Waals surface area contributed by atoms with Gasteiger partial charge in [-0.05, 0) is 29.5 Å². The van der Waals surface area contributed by atoms with Gasteiger partial charge in [0.15, 0.2) is 0 Å². The standard InChI is InChI=1S/C16H21ClF3NO/c1-11(2)12-3-4-14(16(18,19)20)13(15(12)17)5-6-21-7-9-22-10-8-21/h3-4,11H,5-10H2,1-2H3. The molecule has 0 saturated carbocycles. The summed E-state index contributed by atoms with van der Waals surface area (Å²) in [5.74, 6) is 0.0944. The van der Waals surface area contributed by atoms with Crippen LogP contribution in [0.3, 0.4) is 0 Å². The fraction of sp³-hybridized carbons (Fsp3) is 0.625. The quantitative estimate of drug-likeness (QED) is 0.810.